The molecule has 6 nitrogen and oxygen atoms in total. The highest BCUT2D eigenvalue weighted by atomic mass is 35.5. The van der Waals surface area contributed by atoms with Crippen LogP contribution < -0.4 is 4.74 Å². The van der Waals surface area contributed by atoms with Crippen LogP contribution in [0.2, 0.25) is 10.0 Å². The van der Waals surface area contributed by atoms with Crippen molar-refractivity contribution < 1.29 is 29.3 Å². The average molecular weight is 539 g/mol. The molecule has 1 aromatic carbocycles. The Labute approximate surface area is 223 Å². The molecule has 0 radical (unpaired) electrons. The summed E-state index contributed by atoms with van der Waals surface area (Å²) in [7, 11) is 0. The second-order valence-electron chi connectivity index (χ2n) is 9.77. The fourth-order valence-corrected chi connectivity index (χ4v) is 5.74. The van der Waals surface area contributed by atoms with Crippen molar-refractivity contribution in [3.05, 3.63) is 52.0 Å². The Balaban J connectivity index is 1.69. The van der Waals surface area contributed by atoms with E-state index in [4.69, 9.17) is 37.8 Å². The minimum atomic E-state index is -0.877. The number of carboxylic acids is 1. The molecule has 2 N–H and O–H groups in total. The molecule has 8 heteroatoms. The van der Waals surface area contributed by atoms with Gasteiger partial charge < -0.3 is 19.7 Å². The smallest absolute Gasteiger partial charge is 0.347 e. The van der Waals surface area contributed by atoms with Crippen LogP contribution in [0.1, 0.15) is 65.2 Å². The first-order valence-corrected chi connectivity index (χ1v) is 13.6. The van der Waals surface area contributed by atoms with Gasteiger partial charge in [0.2, 0.25) is 0 Å². The van der Waals surface area contributed by atoms with Gasteiger partial charge in [0.1, 0.15) is 6.10 Å². The zero-order valence-corrected chi connectivity index (χ0v) is 22.4. The Morgan fingerprint density at radius 2 is 1.83 bits per heavy atom. The molecule has 198 valence electrons. The number of aliphatic hydroxyl groups excluding tert-OH is 1. The average Bonchev–Trinajstić information content (AvgIpc) is 2.82. The maximum atomic E-state index is 13.2. The van der Waals surface area contributed by atoms with Crippen molar-refractivity contribution in [2.45, 2.75) is 83.5 Å². The number of fused-ring (bicyclic) bond motifs is 1. The quantitative estimate of drug-likeness (QED) is 0.229. The maximum Gasteiger partial charge on any atom is 0.347 e. The van der Waals surface area contributed by atoms with Crippen LogP contribution in [0, 0.1) is 17.8 Å². The molecule has 3 rings (SSSR count). The highest BCUT2D eigenvalue weighted by Crippen LogP contribution is 2.44. The van der Waals surface area contributed by atoms with E-state index in [1.165, 1.54) is 0 Å². The molecule has 0 aliphatic heterocycles. The summed E-state index contributed by atoms with van der Waals surface area (Å²) in [6.07, 6.45) is 9.37. The first-order valence-electron chi connectivity index (χ1n) is 12.8. The van der Waals surface area contributed by atoms with Gasteiger partial charge in [0.25, 0.3) is 0 Å². The topological polar surface area (TPSA) is 93.1 Å². The van der Waals surface area contributed by atoms with Gasteiger partial charge in [0.15, 0.2) is 11.9 Å². The highest BCUT2D eigenvalue weighted by molar-refractivity contribution is 6.37. The SMILES string of the molecule is CCC(Oc1c(Cl)cccc1Cl)C(=O)O[C@H]1C[C@H](O)C=C2C=C[C@H](C)[C@H](CCCCCCC(=O)O)[C@H]21. The Morgan fingerprint density at radius 3 is 2.50 bits per heavy atom. The number of esters is 1. The molecule has 0 saturated heterocycles. The zero-order chi connectivity index (χ0) is 26.2. The number of carbonyl (C=O) groups is 2. The van der Waals surface area contributed by atoms with Gasteiger partial charge in [-0.1, -0.05) is 80.6 Å². The molecule has 0 amide bonds. The monoisotopic (exact) mass is 538 g/mol. The minimum absolute atomic E-state index is 0.0159. The molecule has 1 aromatic rings. The van der Waals surface area contributed by atoms with Gasteiger partial charge in [0.05, 0.1) is 16.1 Å². The molecule has 0 heterocycles. The number of rotatable bonds is 12. The highest BCUT2D eigenvalue weighted by Gasteiger charge is 2.42. The van der Waals surface area contributed by atoms with Gasteiger partial charge in [-0.25, -0.2) is 4.79 Å². The van der Waals surface area contributed by atoms with E-state index < -0.39 is 30.3 Å². The van der Waals surface area contributed by atoms with Crippen molar-refractivity contribution in [3.8, 4) is 5.75 Å². The third kappa shape index (κ3) is 7.50. The van der Waals surface area contributed by atoms with Crippen LogP contribution in [0.4, 0.5) is 0 Å². The van der Waals surface area contributed by atoms with Crippen molar-refractivity contribution in [1.29, 1.82) is 0 Å². The van der Waals surface area contributed by atoms with Crippen LogP contribution in [0.3, 0.4) is 0 Å². The minimum Gasteiger partial charge on any atom is -0.481 e. The number of para-hydroxylation sites is 1. The third-order valence-corrected chi connectivity index (χ3v) is 7.73. The lowest BCUT2D eigenvalue weighted by Gasteiger charge is -2.43. The number of aliphatic hydroxyl groups is 1. The van der Waals surface area contributed by atoms with Gasteiger partial charge in [-0.05, 0) is 48.8 Å². The number of aliphatic carboxylic acids is 1. The van der Waals surface area contributed by atoms with Crippen LogP contribution in [0.5, 0.6) is 5.75 Å². The summed E-state index contributed by atoms with van der Waals surface area (Å²) < 4.78 is 11.9. The van der Waals surface area contributed by atoms with E-state index in [-0.39, 0.29) is 24.0 Å². The first kappa shape index (κ1) is 28.5. The van der Waals surface area contributed by atoms with Gasteiger partial charge in [-0.2, -0.15) is 0 Å². The number of allylic oxidation sites excluding steroid dienone is 2. The van der Waals surface area contributed by atoms with Gasteiger partial charge in [-0.15, -0.1) is 0 Å². The number of carbonyl (C=O) groups excluding carboxylic acids is 1. The fourth-order valence-electron chi connectivity index (χ4n) is 5.26. The molecule has 0 saturated carbocycles. The molecule has 2 aliphatic carbocycles. The number of unbranched alkanes of at least 4 members (excludes halogenated alkanes) is 3. The molecule has 2 aliphatic rings. The van der Waals surface area contributed by atoms with Gasteiger partial charge in [0, 0.05) is 18.8 Å². The Morgan fingerprint density at radius 1 is 1.14 bits per heavy atom. The molecule has 1 unspecified atom stereocenters. The van der Waals surface area contributed by atoms with Crippen molar-refractivity contribution in [1.82, 2.24) is 0 Å². The molecule has 0 bridgehead atoms. The van der Waals surface area contributed by atoms with Crippen LogP contribution in [0.25, 0.3) is 0 Å². The number of benzene rings is 1. The Kier molecular flexibility index (Phi) is 10.7. The molecular weight excluding hydrogens is 503 g/mol. The van der Waals surface area contributed by atoms with Gasteiger partial charge in [-0.3, -0.25) is 4.79 Å². The standard InChI is InChI=1S/C28H36Cl2O6/c1-3-23(35-27-21(29)10-8-11-22(27)30)28(34)36-24-16-19(31)15-18-14-13-17(2)20(26(18)24)9-6-4-5-7-12-25(32)33/h8,10-11,13-15,17,19-20,23-24,26,31H,3-7,9,12,16H2,1-2H3,(H,32,33)/t17-,19+,20-,23?,24-,26-/m0/s1. The number of carboxylic acid groups (broad SMARTS) is 1. The molecular formula is C28H36Cl2O6. The van der Waals surface area contributed by atoms with Crippen LogP contribution in [0.15, 0.2) is 42.0 Å². The Bertz CT molecular complexity index is 955. The van der Waals surface area contributed by atoms with Crippen LogP contribution in [-0.4, -0.2) is 40.5 Å². The maximum absolute atomic E-state index is 13.2. The first-order chi connectivity index (χ1) is 17.2. The number of ether oxygens (including phenoxy) is 2. The predicted octanol–water partition coefficient (Wildman–Crippen LogP) is 6.62. The van der Waals surface area contributed by atoms with Crippen molar-refractivity contribution >= 4 is 35.1 Å². The summed E-state index contributed by atoms with van der Waals surface area (Å²) in [4.78, 5) is 24.0. The van der Waals surface area contributed by atoms with E-state index in [1.807, 2.05) is 19.1 Å². The van der Waals surface area contributed by atoms with Crippen molar-refractivity contribution in [2.75, 3.05) is 0 Å². The lowest BCUT2D eigenvalue weighted by atomic mass is 9.66. The number of hydrogen-bond acceptors (Lipinski definition) is 5. The number of halogens is 2. The summed E-state index contributed by atoms with van der Waals surface area (Å²) >= 11 is 12.5. The largest absolute Gasteiger partial charge is 0.481 e. The van der Waals surface area contributed by atoms with Crippen molar-refractivity contribution in [2.24, 2.45) is 17.8 Å². The predicted molar refractivity (Wildman–Crippen MR) is 140 cm³/mol. The molecule has 0 spiro atoms. The summed E-state index contributed by atoms with van der Waals surface area (Å²) in [6, 6.07) is 5.01. The zero-order valence-electron chi connectivity index (χ0n) is 20.9. The van der Waals surface area contributed by atoms with E-state index >= 15 is 0 Å². The lowest BCUT2D eigenvalue weighted by Crippen LogP contribution is -2.44. The molecule has 6 atom stereocenters. The van der Waals surface area contributed by atoms with E-state index in [2.05, 4.69) is 13.0 Å². The van der Waals surface area contributed by atoms with Gasteiger partial charge >= 0.3 is 11.9 Å². The fraction of sp³-hybridized carbons (Fsp3) is 0.571. The number of hydrogen-bond donors (Lipinski definition) is 2. The van der Waals surface area contributed by atoms with E-state index in [1.54, 1.807) is 18.2 Å². The van der Waals surface area contributed by atoms with Crippen molar-refractivity contribution in [3.63, 3.8) is 0 Å². The molecule has 0 fully saturated rings. The summed E-state index contributed by atoms with van der Waals surface area (Å²) in [6.45, 7) is 4.00. The second-order valence-corrected chi connectivity index (χ2v) is 10.6. The molecule has 36 heavy (non-hydrogen) atoms. The van der Waals surface area contributed by atoms with E-state index in [9.17, 15) is 14.7 Å². The Hall–Kier alpha value is -2.02. The summed E-state index contributed by atoms with van der Waals surface area (Å²) in [5.74, 6) is -0.469. The second kappa shape index (κ2) is 13.5. The molecule has 0 aromatic heterocycles. The third-order valence-electron chi connectivity index (χ3n) is 7.13. The van der Waals surface area contributed by atoms with Crippen LogP contribution in [-0.2, 0) is 14.3 Å². The lowest BCUT2D eigenvalue weighted by molar-refractivity contribution is -0.163. The summed E-state index contributed by atoms with van der Waals surface area (Å²) in [5.41, 5.74) is 1.00. The van der Waals surface area contributed by atoms with Crippen LogP contribution >= 0.6 is 23.2 Å². The summed E-state index contributed by atoms with van der Waals surface area (Å²) in [5, 5.41) is 20.0. The van der Waals surface area contributed by atoms with E-state index in [0.29, 0.717) is 35.2 Å². The normalized spacial score (nSPS) is 26.0. The van der Waals surface area contributed by atoms with E-state index in [0.717, 1.165) is 31.3 Å².